The fourth-order valence-corrected chi connectivity index (χ4v) is 4.79. The smallest absolute Gasteiger partial charge is 0.250 e. The summed E-state index contributed by atoms with van der Waals surface area (Å²) in [5, 5.41) is 0. The molecular formula is C24H32N2O2. The number of aromatic nitrogens is 1. The lowest BCUT2D eigenvalue weighted by Gasteiger charge is -2.42. The molecule has 0 saturated carbocycles. The lowest BCUT2D eigenvalue weighted by molar-refractivity contribution is 0.114. The molecule has 150 valence electrons. The fourth-order valence-electron chi connectivity index (χ4n) is 4.79. The van der Waals surface area contributed by atoms with Crippen LogP contribution in [0.3, 0.4) is 0 Å². The summed E-state index contributed by atoms with van der Waals surface area (Å²) in [5.41, 5.74) is 2.72. The van der Waals surface area contributed by atoms with E-state index in [-0.39, 0.29) is 5.56 Å². The highest BCUT2D eigenvalue weighted by molar-refractivity contribution is 5.27. The molecule has 1 aromatic carbocycles. The van der Waals surface area contributed by atoms with Gasteiger partial charge in [0.05, 0.1) is 6.61 Å². The van der Waals surface area contributed by atoms with Crippen LogP contribution in [-0.2, 0) is 13.1 Å². The number of nitrogens with zero attached hydrogens (tertiary/aromatic N) is 2. The van der Waals surface area contributed by atoms with Crippen molar-refractivity contribution in [3.63, 3.8) is 0 Å². The number of hydrogen-bond donors (Lipinski definition) is 0. The van der Waals surface area contributed by atoms with Gasteiger partial charge < -0.3 is 9.30 Å². The molecule has 2 aliphatic heterocycles. The van der Waals surface area contributed by atoms with Crippen molar-refractivity contribution in [2.24, 2.45) is 5.92 Å². The Hall–Kier alpha value is -2.07. The molecule has 0 N–H and O–H groups in total. The van der Waals surface area contributed by atoms with Gasteiger partial charge in [-0.3, -0.25) is 9.69 Å². The van der Waals surface area contributed by atoms with Gasteiger partial charge in [0.2, 0.25) is 0 Å². The molecule has 0 aliphatic carbocycles. The van der Waals surface area contributed by atoms with Crippen molar-refractivity contribution < 1.29 is 4.74 Å². The van der Waals surface area contributed by atoms with Crippen LogP contribution >= 0.6 is 0 Å². The van der Waals surface area contributed by atoms with Crippen LogP contribution in [0, 0.1) is 5.92 Å². The van der Waals surface area contributed by atoms with Gasteiger partial charge in [0.15, 0.2) is 0 Å². The van der Waals surface area contributed by atoms with Gasteiger partial charge in [-0.15, -0.1) is 0 Å². The number of benzene rings is 1. The maximum atomic E-state index is 12.2. The van der Waals surface area contributed by atoms with Gasteiger partial charge in [-0.25, -0.2) is 0 Å². The van der Waals surface area contributed by atoms with E-state index in [2.05, 4.69) is 42.2 Å². The molecule has 4 rings (SSSR count). The first-order chi connectivity index (χ1) is 13.7. The summed E-state index contributed by atoms with van der Waals surface area (Å²) in [5.74, 6) is 2.04. The summed E-state index contributed by atoms with van der Waals surface area (Å²) in [6.45, 7) is 7.00. The first kappa shape index (κ1) is 19.3. The van der Waals surface area contributed by atoms with Crippen molar-refractivity contribution >= 4 is 0 Å². The van der Waals surface area contributed by atoms with Gasteiger partial charge in [0.25, 0.3) is 5.56 Å². The number of ether oxygens (including phenoxy) is 1. The minimum atomic E-state index is 0.158. The van der Waals surface area contributed by atoms with E-state index >= 15 is 0 Å². The maximum Gasteiger partial charge on any atom is 0.250 e. The quantitative estimate of drug-likeness (QED) is 0.636. The monoisotopic (exact) mass is 380 g/mol. The molecule has 1 aromatic heterocycles. The Morgan fingerprint density at radius 1 is 1.00 bits per heavy atom. The van der Waals surface area contributed by atoms with E-state index < -0.39 is 0 Å². The van der Waals surface area contributed by atoms with Crippen molar-refractivity contribution in [3.05, 3.63) is 64.1 Å². The van der Waals surface area contributed by atoms with Crippen molar-refractivity contribution in [2.75, 3.05) is 19.7 Å². The molecule has 1 saturated heterocycles. The molecule has 2 atom stereocenters. The Kier molecular flexibility index (Phi) is 6.16. The molecule has 2 aliphatic rings. The molecule has 2 aromatic rings. The average Bonchev–Trinajstić information content (AvgIpc) is 2.70. The molecule has 4 heteroatoms. The van der Waals surface area contributed by atoms with E-state index in [1.165, 1.54) is 36.9 Å². The van der Waals surface area contributed by atoms with Crippen molar-refractivity contribution in [1.82, 2.24) is 9.47 Å². The highest BCUT2D eigenvalue weighted by Crippen LogP contribution is 2.35. The molecule has 28 heavy (non-hydrogen) atoms. The predicted molar refractivity (Wildman–Crippen MR) is 113 cm³/mol. The zero-order valence-corrected chi connectivity index (χ0v) is 17.0. The van der Waals surface area contributed by atoms with Crippen LogP contribution in [0.5, 0.6) is 5.75 Å². The molecular weight excluding hydrogens is 348 g/mol. The number of fused-ring (bicyclic) bond motifs is 4. The van der Waals surface area contributed by atoms with E-state index in [0.717, 1.165) is 45.0 Å². The highest BCUT2D eigenvalue weighted by atomic mass is 16.5. The summed E-state index contributed by atoms with van der Waals surface area (Å²) < 4.78 is 7.87. The van der Waals surface area contributed by atoms with Crippen LogP contribution in [-0.4, -0.2) is 29.2 Å². The number of rotatable bonds is 8. The summed E-state index contributed by atoms with van der Waals surface area (Å²) in [4.78, 5) is 14.7. The number of hydrogen-bond acceptors (Lipinski definition) is 3. The average molecular weight is 381 g/mol. The molecule has 0 amide bonds. The van der Waals surface area contributed by atoms with E-state index in [4.69, 9.17) is 4.74 Å². The lowest BCUT2D eigenvalue weighted by atomic mass is 9.83. The van der Waals surface area contributed by atoms with Crippen LogP contribution in [0.25, 0.3) is 0 Å². The van der Waals surface area contributed by atoms with Gasteiger partial charge >= 0.3 is 0 Å². The topological polar surface area (TPSA) is 34.5 Å². The molecule has 0 unspecified atom stereocenters. The van der Waals surface area contributed by atoms with Gasteiger partial charge in [0, 0.05) is 43.9 Å². The fraction of sp³-hybridized carbons (Fsp3) is 0.542. The first-order valence-corrected chi connectivity index (χ1v) is 10.9. The zero-order valence-electron chi connectivity index (χ0n) is 17.0. The molecule has 1 fully saturated rings. The Morgan fingerprint density at radius 2 is 1.86 bits per heavy atom. The number of unbranched alkanes of at least 4 members (excludes halogenated alkanes) is 3. The summed E-state index contributed by atoms with van der Waals surface area (Å²) in [6.07, 6.45) is 6.15. The van der Waals surface area contributed by atoms with Gasteiger partial charge in [-0.05, 0) is 42.5 Å². The second kappa shape index (κ2) is 8.95. The Bertz CT molecular complexity index is 827. The van der Waals surface area contributed by atoms with E-state index in [9.17, 15) is 4.79 Å². The van der Waals surface area contributed by atoms with Crippen LogP contribution in [0.2, 0.25) is 0 Å². The van der Waals surface area contributed by atoms with Gasteiger partial charge in [0.1, 0.15) is 5.75 Å². The number of piperidine rings is 1. The molecule has 3 heterocycles. The number of pyridine rings is 1. The van der Waals surface area contributed by atoms with Crippen molar-refractivity contribution in [3.8, 4) is 5.75 Å². The third-order valence-corrected chi connectivity index (χ3v) is 6.15. The maximum absolute atomic E-state index is 12.2. The summed E-state index contributed by atoms with van der Waals surface area (Å²) >= 11 is 0. The normalized spacial score (nSPS) is 21.3. The van der Waals surface area contributed by atoms with Gasteiger partial charge in [-0.1, -0.05) is 44.4 Å². The SMILES string of the molecule is CCCCCCOc1ccc(CN2C[C@H]3C[C@@H](C2)c2cccc(=O)n2C3)cc1. The third kappa shape index (κ3) is 4.49. The first-order valence-electron chi connectivity index (χ1n) is 10.9. The predicted octanol–water partition coefficient (Wildman–Crippen LogP) is 4.43. The Balaban J connectivity index is 1.32. The second-order valence-electron chi connectivity index (χ2n) is 8.45. The number of likely N-dealkylation sites (tertiary alicyclic amines) is 1. The molecule has 0 spiro atoms. The molecule has 4 nitrogen and oxygen atoms in total. The van der Waals surface area contributed by atoms with E-state index in [0.29, 0.717) is 11.8 Å². The summed E-state index contributed by atoms with van der Waals surface area (Å²) in [7, 11) is 0. The largest absolute Gasteiger partial charge is 0.494 e. The van der Waals surface area contributed by atoms with Crippen molar-refractivity contribution in [1.29, 1.82) is 0 Å². The summed E-state index contributed by atoms with van der Waals surface area (Å²) in [6, 6.07) is 14.3. The van der Waals surface area contributed by atoms with Crippen LogP contribution in [0.4, 0.5) is 0 Å². The van der Waals surface area contributed by atoms with Crippen molar-refractivity contribution in [2.45, 2.75) is 58.0 Å². The van der Waals surface area contributed by atoms with Crippen LogP contribution in [0.15, 0.2) is 47.3 Å². The van der Waals surface area contributed by atoms with E-state index in [1.807, 2.05) is 10.6 Å². The van der Waals surface area contributed by atoms with Gasteiger partial charge in [-0.2, -0.15) is 0 Å². The van der Waals surface area contributed by atoms with E-state index in [1.54, 1.807) is 6.07 Å². The Labute approximate surface area is 168 Å². The third-order valence-electron chi connectivity index (χ3n) is 6.15. The molecule has 0 radical (unpaired) electrons. The lowest BCUT2D eigenvalue weighted by Crippen LogP contribution is -2.46. The van der Waals surface area contributed by atoms with Crippen LogP contribution in [0.1, 0.15) is 56.2 Å². The zero-order chi connectivity index (χ0) is 19.3. The minimum absolute atomic E-state index is 0.158. The second-order valence-corrected chi connectivity index (χ2v) is 8.45. The minimum Gasteiger partial charge on any atom is -0.494 e. The standard InChI is InChI=1S/C24H32N2O2/c1-2-3-4-5-13-28-22-11-9-19(10-12-22)15-25-16-20-14-21(18-25)23-7-6-8-24(27)26(23)17-20/h6-12,20-21H,2-5,13-18H2,1H3/t20-,21+/m1/s1. The van der Waals surface area contributed by atoms with Crippen LogP contribution < -0.4 is 10.3 Å². The Morgan fingerprint density at radius 3 is 2.68 bits per heavy atom. The molecule has 2 bridgehead atoms. The highest BCUT2D eigenvalue weighted by Gasteiger charge is 2.34.